The van der Waals surface area contributed by atoms with E-state index in [0.717, 1.165) is 15.8 Å². The summed E-state index contributed by atoms with van der Waals surface area (Å²) < 4.78 is 6.13. The Morgan fingerprint density at radius 2 is 2.04 bits per heavy atom. The van der Waals surface area contributed by atoms with Gasteiger partial charge >= 0.3 is 0 Å². The molecule has 0 saturated heterocycles. The molecule has 0 heterocycles. The van der Waals surface area contributed by atoms with E-state index in [1.54, 1.807) is 25.3 Å². The minimum absolute atomic E-state index is 0.0284. The van der Waals surface area contributed by atoms with Gasteiger partial charge in [0.2, 0.25) is 0 Å². The van der Waals surface area contributed by atoms with E-state index in [1.165, 1.54) is 0 Å². The lowest BCUT2D eigenvalue weighted by molar-refractivity contribution is 0.0943. The number of likely N-dealkylation sites (N-methyl/N-ethyl adjacent to an activating group) is 1. The van der Waals surface area contributed by atoms with Gasteiger partial charge in [0, 0.05) is 16.7 Å². The van der Waals surface area contributed by atoms with E-state index in [-0.39, 0.29) is 11.9 Å². The highest BCUT2D eigenvalue weighted by molar-refractivity contribution is 9.10. The molecular weight excluding hydrogens is 370 g/mol. The van der Waals surface area contributed by atoms with E-state index in [2.05, 4.69) is 26.1 Å². The van der Waals surface area contributed by atoms with Crippen LogP contribution in [-0.2, 0) is 0 Å². The minimum Gasteiger partial charge on any atom is -0.497 e. The Kier molecular flexibility index (Phi) is 6.23. The number of ether oxygens (including phenoxy) is 1. The number of amides is 1. The number of methoxy groups -OCH3 is 1. The van der Waals surface area contributed by atoms with Gasteiger partial charge in [-0.1, -0.05) is 28.1 Å². The fourth-order valence-corrected chi connectivity index (χ4v) is 2.85. The molecule has 0 saturated carbocycles. The van der Waals surface area contributed by atoms with Crippen molar-refractivity contribution in [2.75, 3.05) is 33.5 Å². The van der Waals surface area contributed by atoms with Gasteiger partial charge in [0.1, 0.15) is 5.75 Å². The molecule has 0 aromatic heterocycles. The molecule has 24 heavy (non-hydrogen) atoms. The highest BCUT2D eigenvalue weighted by Crippen LogP contribution is 2.23. The fraction of sp³-hybridized carbons (Fsp3) is 0.278. The summed E-state index contributed by atoms with van der Waals surface area (Å²) in [6.07, 6.45) is 0. The highest BCUT2D eigenvalue weighted by Gasteiger charge is 2.17. The number of hydrogen-bond donors (Lipinski definition) is 2. The summed E-state index contributed by atoms with van der Waals surface area (Å²) in [5.41, 5.74) is 7.91. The molecule has 0 aliphatic rings. The number of anilines is 1. The van der Waals surface area contributed by atoms with Gasteiger partial charge in [0.05, 0.1) is 18.7 Å². The number of nitrogens with two attached hydrogens (primary N) is 1. The molecule has 5 nitrogen and oxygen atoms in total. The summed E-state index contributed by atoms with van der Waals surface area (Å²) in [5, 5.41) is 2.96. The Morgan fingerprint density at radius 1 is 1.29 bits per heavy atom. The zero-order valence-corrected chi connectivity index (χ0v) is 15.6. The smallest absolute Gasteiger partial charge is 0.253 e. The Morgan fingerprint density at radius 3 is 2.67 bits per heavy atom. The highest BCUT2D eigenvalue weighted by atomic mass is 79.9. The summed E-state index contributed by atoms with van der Waals surface area (Å²) in [6, 6.07) is 13.1. The first kappa shape index (κ1) is 18.3. The van der Waals surface area contributed by atoms with E-state index in [0.29, 0.717) is 17.8 Å². The monoisotopic (exact) mass is 391 g/mol. The summed E-state index contributed by atoms with van der Waals surface area (Å²) in [6.45, 7) is 0.467. The molecule has 2 aromatic rings. The van der Waals surface area contributed by atoms with Crippen LogP contribution < -0.4 is 15.8 Å². The van der Waals surface area contributed by atoms with Gasteiger partial charge in [-0.2, -0.15) is 0 Å². The van der Waals surface area contributed by atoms with Gasteiger partial charge in [-0.25, -0.2) is 0 Å². The second kappa shape index (κ2) is 8.17. The van der Waals surface area contributed by atoms with Crippen molar-refractivity contribution < 1.29 is 9.53 Å². The molecule has 0 aliphatic heterocycles. The number of carbonyl (C=O) groups excluding carboxylic acids is 1. The zero-order chi connectivity index (χ0) is 17.7. The maximum Gasteiger partial charge on any atom is 0.253 e. The van der Waals surface area contributed by atoms with Crippen LogP contribution in [0, 0.1) is 0 Å². The number of nitrogens with one attached hydrogen (secondary N) is 1. The fourth-order valence-electron chi connectivity index (χ4n) is 2.47. The molecule has 2 aromatic carbocycles. The standard InChI is InChI=1S/C18H22BrN3O2/c1-22(2)17(12-5-4-6-14(9-12)24-3)11-21-18(23)15-8-7-13(19)10-16(15)20/h4-10,17H,11,20H2,1-3H3,(H,21,23). The third-order valence-electron chi connectivity index (χ3n) is 3.82. The normalized spacial score (nSPS) is 12.0. The van der Waals surface area contributed by atoms with E-state index < -0.39 is 0 Å². The predicted molar refractivity (Wildman–Crippen MR) is 100 cm³/mol. The van der Waals surface area contributed by atoms with Crippen molar-refractivity contribution in [2.45, 2.75) is 6.04 Å². The molecule has 6 heteroatoms. The number of benzene rings is 2. The lowest BCUT2D eigenvalue weighted by Gasteiger charge is -2.25. The van der Waals surface area contributed by atoms with Crippen LogP contribution in [0.3, 0.4) is 0 Å². The molecule has 0 aliphatic carbocycles. The van der Waals surface area contributed by atoms with Crippen molar-refractivity contribution in [1.82, 2.24) is 10.2 Å². The maximum atomic E-state index is 12.4. The van der Waals surface area contributed by atoms with Crippen LogP contribution in [0.5, 0.6) is 5.75 Å². The van der Waals surface area contributed by atoms with Crippen LogP contribution in [-0.4, -0.2) is 38.6 Å². The molecule has 1 amide bonds. The molecule has 0 radical (unpaired) electrons. The predicted octanol–water partition coefficient (Wildman–Crippen LogP) is 3.07. The summed E-state index contributed by atoms with van der Waals surface area (Å²) in [5.74, 6) is 0.609. The molecule has 2 rings (SSSR count). The molecule has 0 spiro atoms. The first-order valence-electron chi connectivity index (χ1n) is 7.56. The van der Waals surface area contributed by atoms with E-state index in [9.17, 15) is 4.79 Å². The van der Waals surface area contributed by atoms with E-state index in [1.807, 2.05) is 38.4 Å². The number of nitrogen functional groups attached to an aromatic ring is 1. The van der Waals surface area contributed by atoms with Crippen LogP contribution in [0.2, 0.25) is 0 Å². The van der Waals surface area contributed by atoms with Gasteiger partial charge in [0.15, 0.2) is 0 Å². The second-order valence-corrected chi connectivity index (χ2v) is 6.61. The number of carbonyl (C=O) groups is 1. The SMILES string of the molecule is COc1cccc(C(CNC(=O)c2ccc(Br)cc2N)N(C)C)c1. The van der Waals surface area contributed by atoms with Crippen molar-refractivity contribution in [3.8, 4) is 5.75 Å². The molecule has 0 fully saturated rings. The van der Waals surface area contributed by atoms with Crippen LogP contribution >= 0.6 is 15.9 Å². The Hall–Kier alpha value is -2.05. The van der Waals surface area contributed by atoms with Crippen molar-refractivity contribution in [3.63, 3.8) is 0 Å². The van der Waals surface area contributed by atoms with Crippen molar-refractivity contribution in [3.05, 3.63) is 58.1 Å². The van der Waals surface area contributed by atoms with E-state index >= 15 is 0 Å². The largest absolute Gasteiger partial charge is 0.497 e. The van der Waals surface area contributed by atoms with Crippen LogP contribution in [0.4, 0.5) is 5.69 Å². The van der Waals surface area contributed by atoms with Crippen molar-refractivity contribution in [1.29, 1.82) is 0 Å². The zero-order valence-electron chi connectivity index (χ0n) is 14.0. The Labute approximate surface area is 150 Å². The number of hydrogen-bond acceptors (Lipinski definition) is 4. The summed E-state index contributed by atoms with van der Waals surface area (Å²) in [4.78, 5) is 14.5. The quantitative estimate of drug-likeness (QED) is 0.742. The summed E-state index contributed by atoms with van der Waals surface area (Å²) >= 11 is 3.34. The molecule has 0 bridgehead atoms. The molecule has 128 valence electrons. The number of rotatable bonds is 6. The Bertz CT molecular complexity index is 719. The molecular formula is C18H22BrN3O2. The van der Waals surface area contributed by atoms with Crippen LogP contribution in [0.1, 0.15) is 22.0 Å². The van der Waals surface area contributed by atoms with Crippen LogP contribution in [0.25, 0.3) is 0 Å². The first-order chi connectivity index (χ1) is 11.4. The topological polar surface area (TPSA) is 67.6 Å². The third kappa shape index (κ3) is 4.49. The van der Waals surface area contributed by atoms with Gasteiger partial charge < -0.3 is 20.7 Å². The average Bonchev–Trinajstić information content (AvgIpc) is 2.54. The third-order valence-corrected chi connectivity index (χ3v) is 4.31. The number of nitrogens with zero attached hydrogens (tertiary/aromatic N) is 1. The maximum absolute atomic E-state index is 12.4. The Balaban J connectivity index is 2.12. The first-order valence-corrected chi connectivity index (χ1v) is 8.35. The van der Waals surface area contributed by atoms with E-state index in [4.69, 9.17) is 10.5 Å². The molecule has 1 atom stereocenters. The molecule has 3 N–H and O–H groups in total. The molecule has 1 unspecified atom stereocenters. The van der Waals surface area contributed by atoms with Gasteiger partial charge in [-0.3, -0.25) is 4.79 Å². The lowest BCUT2D eigenvalue weighted by atomic mass is 10.1. The van der Waals surface area contributed by atoms with Gasteiger partial charge in [-0.05, 0) is 50.0 Å². The number of halogens is 1. The van der Waals surface area contributed by atoms with Crippen molar-refractivity contribution in [2.24, 2.45) is 0 Å². The van der Waals surface area contributed by atoms with Gasteiger partial charge in [0.25, 0.3) is 5.91 Å². The minimum atomic E-state index is -0.185. The summed E-state index contributed by atoms with van der Waals surface area (Å²) in [7, 11) is 5.59. The lowest BCUT2D eigenvalue weighted by Crippen LogP contribution is -2.34. The average molecular weight is 392 g/mol. The van der Waals surface area contributed by atoms with Crippen molar-refractivity contribution >= 4 is 27.5 Å². The second-order valence-electron chi connectivity index (χ2n) is 5.70. The van der Waals surface area contributed by atoms with Crippen LogP contribution in [0.15, 0.2) is 46.9 Å². The van der Waals surface area contributed by atoms with Gasteiger partial charge in [-0.15, -0.1) is 0 Å².